The molecule has 0 heterocycles. The Morgan fingerprint density at radius 1 is 0.692 bits per heavy atom. The quantitative estimate of drug-likeness (QED) is 0.675. The number of allylic oxidation sites excluding steroid dienone is 4. The molecule has 0 aromatic heterocycles. The maximum absolute atomic E-state index is 7.44. The zero-order valence-electron chi connectivity index (χ0n) is 16.2. The van der Waals surface area contributed by atoms with Crippen molar-refractivity contribution in [2.24, 2.45) is 9.63 Å². The van der Waals surface area contributed by atoms with Crippen molar-refractivity contribution >= 4 is 32.6 Å². The molecule has 0 aliphatic heterocycles. The average molecular weight is 426 g/mol. The van der Waals surface area contributed by atoms with Gasteiger partial charge in [0.05, 0.1) is 0 Å². The van der Waals surface area contributed by atoms with Gasteiger partial charge in [-0.15, -0.1) is 24.8 Å². The Labute approximate surface area is 174 Å². The molecule has 0 saturated heterocycles. The van der Waals surface area contributed by atoms with Crippen molar-refractivity contribution in [3.8, 4) is 0 Å². The van der Waals surface area contributed by atoms with E-state index in [1.807, 2.05) is 0 Å². The summed E-state index contributed by atoms with van der Waals surface area (Å²) >= 11 is -3.17. The van der Waals surface area contributed by atoms with E-state index in [0.717, 1.165) is 0 Å². The van der Waals surface area contributed by atoms with Crippen LogP contribution in [0.1, 0.15) is 34.6 Å². The van der Waals surface area contributed by atoms with Crippen LogP contribution in [0.15, 0.2) is 81.3 Å². The zero-order valence-corrected chi connectivity index (χ0v) is 19.4. The van der Waals surface area contributed by atoms with Gasteiger partial charge in [-0.2, -0.15) is 0 Å². The van der Waals surface area contributed by atoms with Gasteiger partial charge in [-0.3, -0.25) is 0 Å². The molecule has 0 amide bonds. The maximum Gasteiger partial charge on any atom is -0.147 e. The van der Waals surface area contributed by atoms with Crippen LogP contribution >= 0.6 is 24.8 Å². The topological polar surface area (TPSA) is 26.0 Å². The number of benzene rings is 2. The van der Waals surface area contributed by atoms with Crippen molar-refractivity contribution in [1.82, 2.24) is 0 Å². The van der Waals surface area contributed by atoms with E-state index in [0.29, 0.717) is 0 Å². The molecule has 1 aliphatic carbocycles. The normalized spacial score (nSPS) is 16.2. The van der Waals surface area contributed by atoms with Gasteiger partial charge in [0.25, 0.3) is 0 Å². The Kier molecular flexibility index (Phi) is 7.55. The van der Waals surface area contributed by atoms with Crippen LogP contribution < -0.4 is 12.0 Å². The minimum atomic E-state index is -3.17. The third kappa shape index (κ3) is 3.49. The summed E-state index contributed by atoms with van der Waals surface area (Å²) < 4.78 is 11.6. The molecule has 0 bridgehead atoms. The van der Waals surface area contributed by atoms with Crippen molar-refractivity contribution in [1.29, 1.82) is 0 Å². The van der Waals surface area contributed by atoms with Gasteiger partial charge in [0.2, 0.25) is 0 Å². The Balaban J connectivity index is 0.00000169. The number of hydrogen-bond acceptors (Lipinski definition) is 1. The van der Waals surface area contributed by atoms with Gasteiger partial charge in [0.1, 0.15) is 0 Å². The Hall–Kier alpha value is -0.826. The molecule has 0 unspecified atom stereocenters. The van der Waals surface area contributed by atoms with Crippen LogP contribution in [-0.4, -0.2) is 0 Å². The predicted molar refractivity (Wildman–Crippen MR) is 116 cm³/mol. The molecular formula is C22H29Cl2NTi. The molecule has 3 rings (SSSR count). The summed E-state index contributed by atoms with van der Waals surface area (Å²) in [7, 11) is 0. The third-order valence-electron chi connectivity index (χ3n) is 5.92. The van der Waals surface area contributed by atoms with Crippen molar-refractivity contribution in [2.45, 2.75) is 34.6 Å². The van der Waals surface area contributed by atoms with Gasteiger partial charge in [0.15, 0.2) is 0 Å². The van der Waals surface area contributed by atoms with Gasteiger partial charge in [-0.25, -0.2) is 0 Å². The summed E-state index contributed by atoms with van der Waals surface area (Å²) in [6, 6.07) is 21.6. The Bertz CT molecular complexity index is 784. The molecule has 0 fully saturated rings. The fraction of sp³-hybridized carbons (Fsp3) is 0.273. The first-order valence-electron chi connectivity index (χ1n) is 8.61. The first-order valence-corrected chi connectivity index (χ1v) is 11.9. The molecule has 26 heavy (non-hydrogen) atoms. The first kappa shape index (κ1) is 23.2. The number of halogens is 2. The first-order chi connectivity index (χ1) is 11.3. The monoisotopic (exact) mass is 425 g/mol. The third-order valence-corrected chi connectivity index (χ3v) is 12.6. The number of hydrogen-bond donors (Lipinski definition) is 1. The van der Waals surface area contributed by atoms with Crippen molar-refractivity contribution in [2.75, 3.05) is 0 Å². The zero-order chi connectivity index (χ0) is 17.5. The SMILES string of the molecule is CC1=C(C)C(C)(C)[C]([Ti]([NH2])([c]2ccccc2)[c]2ccccc2)=C1C.Cl.Cl. The summed E-state index contributed by atoms with van der Waals surface area (Å²) in [6.45, 7) is 11.5. The number of nitrogens with two attached hydrogens (primary N) is 1. The summed E-state index contributed by atoms with van der Waals surface area (Å²) in [5, 5.41) is 0. The molecule has 140 valence electrons. The van der Waals surface area contributed by atoms with E-state index in [-0.39, 0.29) is 30.2 Å². The summed E-state index contributed by atoms with van der Waals surface area (Å²) in [4.78, 5) is 0. The molecular weight excluding hydrogens is 397 g/mol. The molecule has 0 saturated carbocycles. The summed E-state index contributed by atoms with van der Waals surface area (Å²) in [6.07, 6.45) is 0. The van der Waals surface area contributed by atoms with Crippen LogP contribution in [0.5, 0.6) is 0 Å². The van der Waals surface area contributed by atoms with Crippen LogP contribution in [0, 0.1) is 5.41 Å². The van der Waals surface area contributed by atoms with E-state index in [2.05, 4.69) is 95.3 Å². The minimum absolute atomic E-state index is 0. The van der Waals surface area contributed by atoms with Crippen LogP contribution in [0.4, 0.5) is 0 Å². The van der Waals surface area contributed by atoms with Crippen molar-refractivity contribution in [3.63, 3.8) is 0 Å². The maximum atomic E-state index is 7.44. The molecule has 1 nitrogen and oxygen atoms in total. The molecule has 1 aliphatic rings. The molecule has 2 aromatic rings. The largest absolute Gasteiger partial charge is 0.147 e. The van der Waals surface area contributed by atoms with Gasteiger partial charge in [-0.1, -0.05) is 0 Å². The smallest absolute Gasteiger partial charge is 0.147 e. The van der Waals surface area contributed by atoms with E-state index in [4.69, 9.17) is 4.22 Å². The fourth-order valence-electron chi connectivity index (χ4n) is 4.24. The fourth-order valence-corrected chi connectivity index (χ4v) is 11.0. The molecule has 2 N–H and O–H groups in total. The van der Waals surface area contributed by atoms with E-state index >= 15 is 0 Å². The van der Waals surface area contributed by atoms with Crippen LogP contribution in [0.3, 0.4) is 0 Å². The molecule has 0 radical (unpaired) electrons. The summed E-state index contributed by atoms with van der Waals surface area (Å²) in [5.74, 6) is 0. The minimum Gasteiger partial charge on any atom is -0.147 e. The Morgan fingerprint density at radius 2 is 1.08 bits per heavy atom. The van der Waals surface area contributed by atoms with E-state index in [1.165, 1.54) is 28.3 Å². The van der Waals surface area contributed by atoms with E-state index in [9.17, 15) is 0 Å². The predicted octanol–water partition coefficient (Wildman–Crippen LogP) is 5.16. The second-order valence-electron chi connectivity index (χ2n) is 7.42. The van der Waals surface area contributed by atoms with Gasteiger partial charge < -0.3 is 0 Å². The van der Waals surface area contributed by atoms with Gasteiger partial charge in [-0.05, 0) is 0 Å². The molecule has 0 atom stereocenters. The Morgan fingerprint density at radius 3 is 1.38 bits per heavy atom. The summed E-state index contributed by atoms with van der Waals surface area (Å²) in [5.41, 5.74) is 4.31. The van der Waals surface area contributed by atoms with E-state index < -0.39 is 16.8 Å². The molecule has 4 heteroatoms. The second kappa shape index (κ2) is 8.46. The van der Waals surface area contributed by atoms with Crippen molar-refractivity contribution in [3.05, 3.63) is 81.3 Å². The van der Waals surface area contributed by atoms with Gasteiger partial charge in [0, 0.05) is 0 Å². The van der Waals surface area contributed by atoms with Crippen LogP contribution in [0.2, 0.25) is 0 Å². The van der Waals surface area contributed by atoms with Crippen LogP contribution in [-0.2, 0) is 16.8 Å². The van der Waals surface area contributed by atoms with Gasteiger partial charge >= 0.3 is 150 Å². The van der Waals surface area contributed by atoms with E-state index in [1.54, 1.807) is 0 Å². The van der Waals surface area contributed by atoms with Crippen molar-refractivity contribution < 1.29 is 16.8 Å². The number of rotatable bonds is 3. The standard InChI is InChI=1S/C10H15.2C6H5.2ClH.H2N.Ti/c1-7-6-10(4,5)9(3)8(7)2;2*1-2-4-6-5-3-1;;;;/h1-5H3;2*1-5H;2*1H;1H2;/q;;;;;-1;+1. The van der Waals surface area contributed by atoms with Crippen LogP contribution in [0.25, 0.3) is 0 Å². The second-order valence-corrected chi connectivity index (χ2v) is 12.5. The molecule has 2 aromatic carbocycles. The molecule has 0 spiro atoms. The average Bonchev–Trinajstić information content (AvgIpc) is 2.76.